The molecule has 1 fully saturated rings. The fourth-order valence-electron chi connectivity index (χ4n) is 2.34. The summed E-state index contributed by atoms with van der Waals surface area (Å²) >= 11 is 0. The molecule has 1 aliphatic heterocycles. The highest BCUT2D eigenvalue weighted by Crippen LogP contribution is 2.36. The van der Waals surface area contributed by atoms with Crippen LogP contribution in [0, 0.1) is 0 Å². The molecule has 8 nitrogen and oxygen atoms in total. The van der Waals surface area contributed by atoms with Crippen molar-refractivity contribution in [2.75, 3.05) is 36.5 Å². The van der Waals surface area contributed by atoms with Gasteiger partial charge in [0.2, 0.25) is 11.9 Å². The summed E-state index contributed by atoms with van der Waals surface area (Å²) in [7, 11) is 0. The Hall–Kier alpha value is -2.90. The monoisotopic (exact) mass is 424 g/mol. The molecule has 29 heavy (non-hydrogen) atoms. The second kappa shape index (κ2) is 8.23. The number of pyridine rings is 1. The van der Waals surface area contributed by atoms with Gasteiger partial charge in [0.15, 0.2) is 0 Å². The number of nitrogens with zero attached hydrogens (tertiary/aromatic N) is 5. The van der Waals surface area contributed by atoms with E-state index in [2.05, 4.69) is 30.0 Å². The fourth-order valence-corrected chi connectivity index (χ4v) is 2.34. The van der Waals surface area contributed by atoms with Crippen molar-refractivity contribution in [2.45, 2.75) is 18.5 Å². The molecule has 1 saturated heterocycles. The standard InChI is InChI=1S/C15H14F6N6O2/c16-14(17,18)10(15(19,20)21)29-13-25-11(23-9-3-1-2-4-22-9)24-12(26-13)27-5-7-28-8-6-27/h1-4,10H,5-8H2,(H,22,23,24,25,26). The van der Waals surface area contributed by atoms with E-state index in [9.17, 15) is 26.3 Å². The first-order chi connectivity index (χ1) is 13.6. The zero-order chi connectivity index (χ0) is 21.1. The van der Waals surface area contributed by atoms with Gasteiger partial charge < -0.3 is 19.7 Å². The molecule has 1 N–H and O–H groups in total. The van der Waals surface area contributed by atoms with Gasteiger partial charge in [0, 0.05) is 19.3 Å². The molecular weight excluding hydrogens is 410 g/mol. The van der Waals surface area contributed by atoms with Crippen molar-refractivity contribution >= 4 is 17.7 Å². The number of nitrogens with one attached hydrogen (secondary N) is 1. The maximum Gasteiger partial charge on any atom is 0.434 e. The van der Waals surface area contributed by atoms with E-state index in [1.54, 1.807) is 12.1 Å². The van der Waals surface area contributed by atoms with E-state index in [0.29, 0.717) is 13.2 Å². The van der Waals surface area contributed by atoms with Crippen LogP contribution in [0.15, 0.2) is 24.4 Å². The predicted molar refractivity (Wildman–Crippen MR) is 86.9 cm³/mol. The molecule has 0 bridgehead atoms. The molecule has 158 valence electrons. The molecule has 0 unspecified atom stereocenters. The molecule has 1 aliphatic rings. The van der Waals surface area contributed by atoms with E-state index < -0.39 is 24.5 Å². The van der Waals surface area contributed by atoms with Crippen molar-refractivity contribution in [1.82, 2.24) is 19.9 Å². The van der Waals surface area contributed by atoms with E-state index in [1.807, 2.05) is 0 Å². The molecule has 3 rings (SSSR count). The zero-order valence-corrected chi connectivity index (χ0v) is 14.5. The summed E-state index contributed by atoms with van der Waals surface area (Å²) in [6.07, 6.45) is -14.1. The van der Waals surface area contributed by atoms with Gasteiger partial charge in [-0.05, 0) is 12.1 Å². The third-order valence-electron chi connectivity index (χ3n) is 3.62. The summed E-state index contributed by atoms with van der Waals surface area (Å²) in [6.45, 7) is 1.15. The van der Waals surface area contributed by atoms with Gasteiger partial charge in [0.05, 0.1) is 13.2 Å². The number of morpholine rings is 1. The van der Waals surface area contributed by atoms with Crippen molar-refractivity contribution in [3.63, 3.8) is 0 Å². The van der Waals surface area contributed by atoms with Gasteiger partial charge in [-0.25, -0.2) is 4.98 Å². The van der Waals surface area contributed by atoms with Gasteiger partial charge in [-0.1, -0.05) is 6.07 Å². The molecule has 3 heterocycles. The summed E-state index contributed by atoms with van der Waals surface area (Å²) in [4.78, 5) is 16.7. The highest BCUT2D eigenvalue weighted by Gasteiger charge is 2.59. The molecule has 0 atom stereocenters. The lowest BCUT2D eigenvalue weighted by Crippen LogP contribution is -2.47. The smallest absolute Gasteiger partial charge is 0.434 e. The molecule has 2 aromatic rings. The van der Waals surface area contributed by atoms with E-state index in [0.717, 1.165) is 0 Å². The summed E-state index contributed by atoms with van der Waals surface area (Å²) in [6, 6.07) is 3.61. The molecule has 0 amide bonds. The topological polar surface area (TPSA) is 85.3 Å². The second-order valence-corrected chi connectivity index (χ2v) is 5.76. The lowest BCUT2D eigenvalue weighted by Gasteiger charge is -2.27. The number of hydrogen-bond donors (Lipinski definition) is 1. The minimum absolute atomic E-state index is 0.153. The molecule has 2 aromatic heterocycles. The van der Waals surface area contributed by atoms with Gasteiger partial charge >= 0.3 is 18.4 Å². The Bertz CT molecular complexity index is 799. The van der Waals surface area contributed by atoms with E-state index in [4.69, 9.17) is 4.74 Å². The highest BCUT2D eigenvalue weighted by molar-refractivity contribution is 5.49. The summed E-state index contributed by atoms with van der Waals surface area (Å²) in [5, 5.41) is 2.60. The van der Waals surface area contributed by atoms with Crippen molar-refractivity contribution in [2.24, 2.45) is 0 Å². The number of rotatable bonds is 5. The summed E-state index contributed by atoms with van der Waals surface area (Å²) < 4.78 is 86.3. The molecule has 14 heteroatoms. The predicted octanol–water partition coefficient (Wildman–Crippen LogP) is 2.72. The van der Waals surface area contributed by atoms with E-state index in [1.165, 1.54) is 17.2 Å². The number of hydrogen-bond acceptors (Lipinski definition) is 8. The number of ether oxygens (including phenoxy) is 2. The fraction of sp³-hybridized carbons (Fsp3) is 0.467. The lowest BCUT2D eigenvalue weighted by molar-refractivity contribution is -0.301. The Morgan fingerprint density at radius 1 is 1.00 bits per heavy atom. The van der Waals surface area contributed by atoms with Crippen LogP contribution in [-0.4, -0.2) is 64.7 Å². The summed E-state index contributed by atoms with van der Waals surface area (Å²) in [5.74, 6) is -0.251. The van der Waals surface area contributed by atoms with E-state index in [-0.39, 0.29) is 30.8 Å². The Kier molecular flexibility index (Phi) is 5.91. The average Bonchev–Trinajstić information content (AvgIpc) is 2.66. The first-order valence-corrected chi connectivity index (χ1v) is 8.20. The minimum atomic E-state index is -5.71. The third-order valence-corrected chi connectivity index (χ3v) is 3.62. The van der Waals surface area contributed by atoms with Crippen LogP contribution in [0.5, 0.6) is 6.01 Å². The number of aromatic nitrogens is 4. The van der Waals surface area contributed by atoms with Gasteiger partial charge in [0.1, 0.15) is 5.82 Å². The van der Waals surface area contributed by atoms with Gasteiger partial charge in [-0.3, -0.25) is 0 Å². The Morgan fingerprint density at radius 3 is 2.28 bits per heavy atom. The molecular formula is C15H14F6N6O2. The molecule has 0 saturated carbocycles. The van der Waals surface area contributed by atoms with Crippen LogP contribution in [-0.2, 0) is 4.74 Å². The first kappa shape index (κ1) is 20.8. The Balaban J connectivity index is 1.95. The normalized spacial score (nSPS) is 15.5. The van der Waals surface area contributed by atoms with Crippen LogP contribution in [0.25, 0.3) is 0 Å². The van der Waals surface area contributed by atoms with Crippen LogP contribution < -0.4 is 15.0 Å². The third kappa shape index (κ3) is 5.56. The minimum Gasteiger partial charge on any atom is -0.440 e. The van der Waals surface area contributed by atoms with Gasteiger partial charge in [-0.15, -0.1) is 0 Å². The molecule has 0 aliphatic carbocycles. The van der Waals surface area contributed by atoms with Crippen molar-refractivity contribution in [3.05, 3.63) is 24.4 Å². The van der Waals surface area contributed by atoms with Crippen molar-refractivity contribution in [1.29, 1.82) is 0 Å². The SMILES string of the molecule is FC(F)(F)C(Oc1nc(Nc2ccccn2)nc(N2CCOCC2)n1)C(F)(F)F. The maximum absolute atomic E-state index is 12.8. The van der Waals surface area contributed by atoms with Crippen molar-refractivity contribution < 1.29 is 35.8 Å². The quantitative estimate of drug-likeness (QED) is 0.734. The van der Waals surface area contributed by atoms with Crippen LogP contribution >= 0.6 is 0 Å². The number of anilines is 3. The molecule has 0 radical (unpaired) electrons. The van der Waals surface area contributed by atoms with Crippen LogP contribution in [0.2, 0.25) is 0 Å². The second-order valence-electron chi connectivity index (χ2n) is 5.76. The Labute approximate surface area is 159 Å². The van der Waals surface area contributed by atoms with Gasteiger partial charge in [0.25, 0.3) is 6.10 Å². The maximum atomic E-state index is 12.8. The van der Waals surface area contributed by atoms with Crippen LogP contribution in [0.4, 0.5) is 44.1 Å². The summed E-state index contributed by atoms with van der Waals surface area (Å²) in [5.41, 5.74) is 0. The Morgan fingerprint density at radius 2 is 1.69 bits per heavy atom. The largest absolute Gasteiger partial charge is 0.440 e. The average molecular weight is 424 g/mol. The number of halogens is 6. The van der Waals surface area contributed by atoms with E-state index >= 15 is 0 Å². The molecule has 0 aromatic carbocycles. The van der Waals surface area contributed by atoms with Crippen LogP contribution in [0.3, 0.4) is 0 Å². The highest BCUT2D eigenvalue weighted by atomic mass is 19.4. The lowest BCUT2D eigenvalue weighted by atomic mass is 10.3. The zero-order valence-electron chi connectivity index (χ0n) is 14.5. The van der Waals surface area contributed by atoms with Crippen LogP contribution in [0.1, 0.15) is 0 Å². The number of alkyl halides is 6. The van der Waals surface area contributed by atoms with Gasteiger partial charge in [-0.2, -0.15) is 41.3 Å². The van der Waals surface area contributed by atoms with Crippen molar-refractivity contribution in [3.8, 4) is 6.01 Å². The molecule has 0 spiro atoms. The first-order valence-electron chi connectivity index (χ1n) is 8.20.